The zero-order valence-corrected chi connectivity index (χ0v) is 11.4. The highest BCUT2D eigenvalue weighted by Crippen LogP contribution is 2.33. The Morgan fingerprint density at radius 3 is 2.47 bits per heavy atom. The molecule has 0 fully saturated rings. The molecule has 0 aliphatic carbocycles. The van der Waals surface area contributed by atoms with Gasteiger partial charge >= 0.3 is 0 Å². The first-order valence-corrected chi connectivity index (χ1v) is 6.79. The molecule has 2 N–H and O–H groups in total. The zero-order valence-electron chi connectivity index (χ0n) is 11.4. The molecule has 0 aromatic heterocycles. The van der Waals surface area contributed by atoms with Crippen LogP contribution in [0.25, 0.3) is 11.1 Å². The smallest absolute Gasteiger partial charge is 0.123 e. The maximum atomic E-state index is 5.87. The van der Waals surface area contributed by atoms with E-state index in [1.807, 2.05) is 6.92 Å². The normalized spacial score (nSPS) is 18.8. The number of hydrogen-bond donors (Lipinski definition) is 1. The van der Waals surface area contributed by atoms with Crippen LogP contribution in [0.4, 0.5) is 0 Å². The molecule has 0 saturated heterocycles. The van der Waals surface area contributed by atoms with E-state index in [2.05, 4.69) is 49.4 Å². The summed E-state index contributed by atoms with van der Waals surface area (Å²) < 4.78 is 5.73. The summed E-state index contributed by atoms with van der Waals surface area (Å²) in [7, 11) is 0. The SMILES string of the molecule is CC1Cc2cc(-c3ccc(C(C)N)cc3)ccc2O1. The lowest BCUT2D eigenvalue weighted by Crippen LogP contribution is -2.05. The number of rotatable bonds is 2. The first-order chi connectivity index (χ1) is 9.13. The minimum absolute atomic E-state index is 0.0864. The summed E-state index contributed by atoms with van der Waals surface area (Å²) in [4.78, 5) is 0. The van der Waals surface area contributed by atoms with E-state index >= 15 is 0 Å². The van der Waals surface area contributed by atoms with Crippen molar-refractivity contribution in [3.63, 3.8) is 0 Å². The van der Waals surface area contributed by atoms with E-state index in [0.29, 0.717) is 6.10 Å². The van der Waals surface area contributed by atoms with Gasteiger partial charge in [0.25, 0.3) is 0 Å². The summed E-state index contributed by atoms with van der Waals surface area (Å²) in [5.74, 6) is 1.03. The summed E-state index contributed by atoms with van der Waals surface area (Å²) in [6.07, 6.45) is 1.30. The summed E-state index contributed by atoms with van der Waals surface area (Å²) in [5, 5.41) is 0. The minimum atomic E-state index is 0.0864. The predicted molar refractivity (Wildman–Crippen MR) is 78.3 cm³/mol. The van der Waals surface area contributed by atoms with Crippen LogP contribution in [0.1, 0.15) is 31.0 Å². The van der Waals surface area contributed by atoms with Crippen molar-refractivity contribution in [3.05, 3.63) is 53.6 Å². The van der Waals surface area contributed by atoms with E-state index in [1.165, 1.54) is 22.3 Å². The van der Waals surface area contributed by atoms with Gasteiger partial charge in [-0.3, -0.25) is 0 Å². The average molecular weight is 253 g/mol. The van der Waals surface area contributed by atoms with Crippen molar-refractivity contribution in [3.8, 4) is 16.9 Å². The average Bonchev–Trinajstić information content (AvgIpc) is 2.77. The molecule has 2 nitrogen and oxygen atoms in total. The predicted octanol–water partition coefficient (Wildman–Crippen LogP) is 3.70. The van der Waals surface area contributed by atoms with Crippen LogP contribution in [0.15, 0.2) is 42.5 Å². The Morgan fingerprint density at radius 2 is 1.79 bits per heavy atom. The number of hydrogen-bond acceptors (Lipinski definition) is 2. The standard InChI is InChI=1S/C17H19NO/c1-11-9-16-10-15(7-8-17(16)19-11)14-5-3-13(4-6-14)12(2)18/h3-8,10-12H,9,18H2,1-2H3. The molecule has 0 amide bonds. The van der Waals surface area contributed by atoms with Gasteiger partial charge in [-0.15, -0.1) is 0 Å². The van der Waals surface area contributed by atoms with Gasteiger partial charge in [0, 0.05) is 12.5 Å². The molecule has 1 aliphatic rings. The van der Waals surface area contributed by atoms with Crippen molar-refractivity contribution in [2.24, 2.45) is 5.73 Å². The maximum Gasteiger partial charge on any atom is 0.123 e. The highest BCUT2D eigenvalue weighted by Gasteiger charge is 2.19. The molecule has 19 heavy (non-hydrogen) atoms. The van der Waals surface area contributed by atoms with E-state index in [9.17, 15) is 0 Å². The third kappa shape index (κ3) is 2.36. The van der Waals surface area contributed by atoms with Gasteiger partial charge in [0.15, 0.2) is 0 Å². The molecule has 1 aliphatic heterocycles. The van der Waals surface area contributed by atoms with Gasteiger partial charge < -0.3 is 10.5 Å². The summed E-state index contributed by atoms with van der Waals surface area (Å²) in [6, 6.07) is 15.0. The Hall–Kier alpha value is -1.80. The number of fused-ring (bicyclic) bond motifs is 1. The Morgan fingerprint density at radius 1 is 1.11 bits per heavy atom. The van der Waals surface area contributed by atoms with Gasteiger partial charge in [0.05, 0.1) is 0 Å². The molecule has 1 heterocycles. The quantitative estimate of drug-likeness (QED) is 0.885. The van der Waals surface area contributed by atoms with Crippen LogP contribution in [0, 0.1) is 0 Å². The highest BCUT2D eigenvalue weighted by atomic mass is 16.5. The van der Waals surface area contributed by atoms with Crippen molar-refractivity contribution in [2.75, 3.05) is 0 Å². The van der Waals surface area contributed by atoms with Gasteiger partial charge in [-0.25, -0.2) is 0 Å². The summed E-state index contributed by atoms with van der Waals surface area (Å²) in [5.41, 5.74) is 10.8. The molecule has 0 bridgehead atoms. The van der Waals surface area contributed by atoms with Crippen LogP contribution < -0.4 is 10.5 Å². The van der Waals surface area contributed by atoms with Crippen molar-refractivity contribution in [2.45, 2.75) is 32.4 Å². The third-order valence-electron chi connectivity index (χ3n) is 3.67. The number of benzene rings is 2. The van der Waals surface area contributed by atoms with Gasteiger partial charge in [0.2, 0.25) is 0 Å². The van der Waals surface area contributed by atoms with Gasteiger partial charge in [-0.05, 0) is 48.2 Å². The van der Waals surface area contributed by atoms with Crippen molar-refractivity contribution in [1.29, 1.82) is 0 Å². The van der Waals surface area contributed by atoms with Crippen molar-refractivity contribution in [1.82, 2.24) is 0 Å². The summed E-state index contributed by atoms with van der Waals surface area (Å²) >= 11 is 0. The molecular weight excluding hydrogens is 234 g/mol. The Labute approximate surface area is 114 Å². The Balaban J connectivity index is 1.92. The largest absolute Gasteiger partial charge is 0.490 e. The molecular formula is C17H19NO. The molecule has 2 unspecified atom stereocenters. The first kappa shape index (κ1) is 12.2. The van der Waals surface area contributed by atoms with Crippen LogP contribution in [0.2, 0.25) is 0 Å². The first-order valence-electron chi connectivity index (χ1n) is 6.79. The highest BCUT2D eigenvalue weighted by molar-refractivity contribution is 5.66. The van der Waals surface area contributed by atoms with E-state index in [0.717, 1.165) is 12.2 Å². The lowest BCUT2D eigenvalue weighted by atomic mass is 9.99. The molecule has 2 atom stereocenters. The summed E-state index contributed by atoms with van der Waals surface area (Å²) in [6.45, 7) is 4.11. The number of ether oxygens (including phenoxy) is 1. The molecule has 2 aromatic rings. The minimum Gasteiger partial charge on any atom is -0.490 e. The molecule has 3 rings (SSSR count). The lowest BCUT2D eigenvalue weighted by molar-refractivity contribution is 0.254. The van der Waals surface area contributed by atoms with Crippen LogP contribution in [-0.4, -0.2) is 6.10 Å². The van der Waals surface area contributed by atoms with E-state index in [1.54, 1.807) is 0 Å². The van der Waals surface area contributed by atoms with E-state index in [-0.39, 0.29) is 6.04 Å². The molecule has 0 saturated carbocycles. The second-order valence-corrected chi connectivity index (χ2v) is 5.37. The lowest BCUT2D eigenvalue weighted by Gasteiger charge is -2.08. The third-order valence-corrected chi connectivity index (χ3v) is 3.67. The maximum absolute atomic E-state index is 5.87. The van der Waals surface area contributed by atoms with Crippen LogP contribution in [0.3, 0.4) is 0 Å². The Bertz CT molecular complexity index is 587. The van der Waals surface area contributed by atoms with Crippen molar-refractivity contribution >= 4 is 0 Å². The van der Waals surface area contributed by atoms with Crippen LogP contribution >= 0.6 is 0 Å². The zero-order chi connectivity index (χ0) is 13.4. The molecule has 2 heteroatoms. The Kier molecular flexibility index (Phi) is 3.03. The van der Waals surface area contributed by atoms with Gasteiger partial charge in [0.1, 0.15) is 11.9 Å². The monoisotopic (exact) mass is 253 g/mol. The fourth-order valence-electron chi connectivity index (χ4n) is 2.58. The fourth-order valence-corrected chi connectivity index (χ4v) is 2.58. The molecule has 0 radical (unpaired) electrons. The van der Waals surface area contributed by atoms with Crippen LogP contribution in [0.5, 0.6) is 5.75 Å². The van der Waals surface area contributed by atoms with Gasteiger partial charge in [-0.2, -0.15) is 0 Å². The second kappa shape index (κ2) is 4.71. The number of nitrogens with two attached hydrogens (primary N) is 1. The fraction of sp³-hybridized carbons (Fsp3) is 0.294. The molecule has 98 valence electrons. The second-order valence-electron chi connectivity index (χ2n) is 5.37. The topological polar surface area (TPSA) is 35.2 Å². The van der Waals surface area contributed by atoms with E-state index in [4.69, 9.17) is 10.5 Å². The molecule has 2 aromatic carbocycles. The van der Waals surface area contributed by atoms with Gasteiger partial charge in [-0.1, -0.05) is 30.3 Å². The van der Waals surface area contributed by atoms with Crippen LogP contribution in [-0.2, 0) is 6.42 Å². The van der Waals surface area contributed by atoms with Crippen molar-refractivity contribution < 1.29 is 4.74 Å². The van der Waals surface area contributed by atoms with E-state index < -0.39 is 0 Å². The molecule has 0 spiro atoms.